The first-order valence-electron chi connectivity index (χ1n) is 8.02. The summed E-state index contributed by atoms with van der Waals surface area (Å²) in [7, 11) is 0. The number of hydrogen-bond donors (Lipinski definition) is 0. The summed E-state index contributed by atoms with van der Waals surface area (Å²) in [5.74, 6) is -9.42. The Morgan fingerprint density at radius 1 is 0.923 bits per heavy atom. The van der Waals surface area contributed by atoms with Gasteiger partial charge in [-0.3, -0.25) is 0 Å². The second-order valence-electron chi connectivity index (χ2n) is 6.18. The molecule has 0 saturated heterocycles. The predicted molar refractivity (Wildman–Crippen MR) is 81.1 cm³/mol. The number of fused-ring (bicyclic) bond motifs is 1. The molecule has 0 radical (unpaired) electrons. The lowest BCUT2D eigenvalue weighted by molar-refractivity contribution is -0.716. The summed E-state index contributed by atoms with van der Waals surface area (Å²) in [5.41, 5.74) is 0.0172. The molecule has 0 amide bonds. The van der Waals surface area contributed by atoms with E-state index in [1.807, 2.05) is 30.3 Å². The van der Waals surface area contributed by atoms with Gasteiger partial charge in [0.05, 0.1) is 6.04 Å². The van der Waals surface area contributed by atoms with E-state index >= 15 is 0 Å². The van der Waals surface area contributed by atoms with E-state index in [2.05, 4.69) is 5.10 Å². The summed E-state index contributed by atoms with van der Waals surface area (Å²) in [6.07, 6.45) is 3.31. The van der Waals surface area contributed by atoms with Gasteiger partial charge in [0, 0.05) is 17.9 Å². The van der Waals surface area contributed by atoms with Crippen molar-refractivity contribution in [2.75, 3.05) is 0 Å². The third-order valence-corrected chi connectivity index (χ3v) is 4.58. The maximum Gasteiger partial charge on any atom is 0.278 e. The number of halogens is 5. The van der Waals surface area contributed by atoms with E-state index in [0.29, 0.717) is 18.7 Å². The highest BCUT2D eigenvalue weighted by Gasteiger charge is 2.36. The van der Waals surface area contributed by atoms with Crippen LogP contribution < -0.4 is 4.57 Å². The lowest BCUT2D eigenvalue weighted by Gasteiger charge is -2.08. The first kappa shape index (κ1) is 16.7. The van der Waals surface area contributed by atoms with Crippen LogP contribution in [0.3, 0.4) is 0 Å². The van der Waals surface area contributed by atoms with Crippen molar-refractivity contribution in [1.82, 2.24) is 9.78 Å². The molecule has 0 saturated carbocycles. The van der Waals surface area contributed by atoms with Crippen molar-refractivity contribution in [1.29, 1.82) is 0 Å². The molecule has 3 aromatic rings. The van der Waals surface area contributed by atoms with Gasteiger partial charge >= 0.3 is 0 Å². The molecule has 1 atom stereocenters. The van der Waals surface area contributed by atoms with Crippen LogP contribution in [0.4, 0.5) is 22.0 Å². The molecule has 3 nitrogen and oxygen atoms in total. The molecule has 134 valence electrons. The Labute approximate surface area is 145 Å². The molecular formula is C18H13F5N3+. The van der Waals surface area contributed by atoms with Crippen molar-refractivity contribution in [3.63, 3.8) is 0 Å². The summed E-state index contributed by atoms with van der Waals surface area (Å²) in [4.78, 5) is 0. The minimum Gasteiger partial charge on any atom is -0.231 e. The van der Waals surface area contributed by atoms with Crippen LogP contribution in [0.2, 0.25) is 0 Å². The maximum atomic E-state index is 14.0. The second-order valence-corrected chi connectivity index (χ2v) is 6.18. The largest absolute Gasteiger partial charge is 0.278 e. The molecule has 0 bridgehead atoms. The lowest BCUT2D eigenvalue weighted by atomic mass is 10.0. The Kier molecular flexibility index (Phi) is 3.97. The van der Waals surface area contributed by atoms with Gasteiger partial charge in [-0.2, -0.15) is 8.78 Å². The minimum atomic E-state index is -2.18. The third-order valence-electron chi connectivity index (χ3n) is 4.58. The van der Waals surface area contributed by atoms with Crippen LogP contribution >= 0.6 is 0 Å². The Balaban J connectivity index is 1.73. The number of nitrogens with zero attached hydrogens (tertiary/aromatic N) is 3. The van der Waals surface area contributed by atoms with E-state index in [1.54, 1.807) is 4.57 Å². The molecule has 1 aromatic heterocycles. The predicted octanol–water partition coefficient (Wildman–Crippen LogP) is 3.59. The van der Waals surface area contributed by atoms with Crippen molar-refractivity contribution < 1.29 is 26.5 Å². The zero-order chi connectivity index (χ0) is 18.4. The van der Waals surface area contributed by atoms with Crippen LogP contribution in [0.5, 0.6) is 0 Å². The van der Waals surface area contributed by atoms with Gasteiger partial charge in [-0.05, 0) is 12.0 Å². The van der Waals surface area contributed by atoms with Crippen LogP contribution in [0.1, 0.15) is 23.9 Å². The fourth-order valence-electron chi connectivity index (χ4n) is 3.29. The van der Waals surface area contributed by atoms with E-state index in [0.717, 1.165) is 16.7 Å². The topological polar surface area (TPSA) is 21.7 Å². The van der Waals surface area contributed by atoms with E-state index in [-0.39, 0.29) is 6.04 Å². The van der Waals surface area contributed by atoms with Crippen LogP contribution in [0.25, 0.3) is 5.69 Å². The molecule has 0 fully saturated rings. The molecule has 2 aromatic carbocycles. The van der Waals surface area contributed by atoms with Gasteiger partial charge in [0.15, 0.2) is 0 Å². The van der Waals surface area contributed by atoms with E-state index < -0.39 is 34.8 Å². The molecule has 8 heteroatoms. The quantitative estimate of drug-likeness (QED) is 0.301. The average molecular weight is 366 g/mol. The highest BCUT2D eigenvalue weighted by molar-refractivity contribution is 5.36. The van der Waals surface area contributed by atoms with Crippen molar-refractivity contribution in [2.45, 2.75) is 25.3 Å². The summed E-state index contributed by atoms with van der Waals surface area (Å²) in [6.45, 7) is 0. The third kappa shape index (κ3) is 2.56. The van der Waals surface area contributed by atoms with E-state index in [1.165, 1.54) is 6.33 Å². The zero-order valence-electron chi connectivity index (χ0n) is 13.4. The highest BCUT2D eigenvalue weighted by Crippen LogP contribution is 2.27. The SMILES string of the molecule is Fc1c(F)c(F)c(-n2c[n+]3c(n2)CCC3Cc2ccccc2)c(F)c1F. The van der Waals surface area contributed by atoms with Gasteiger partial charge in [0.25, 0.3) is 5.82 Å². The Morgan fingerprint density at radius 3 is 2.19 bits per heavy atom. The molecule has 1 unspecified atom stereocenters. The fraction of sp³-hybridized carbons (Fsp3) is 0.222. The second kappa shape index (κ2) is 6.19. The first-order valence-corrected chi connectivity index (χ1v) is 8.02. The van der Waals surface area contributed by atoms with Gasteiger partial charge in [0.1, 0.15) is 0 Å². The molecule has 26 heavy (non-hydrogen) atoms. The van der Waals surface area contributed by atoms with Crippen molar-refractivity contribution in [2.24, 2.45) is 0 Å². The van der Waals surface area contributed by atoms with Gasteiger partial charge in [-0.1, -0.05) is 35.0 Å². The van der Waals surface area contributed by atoms with Crippen molar-refractivity contribution in [3.05, 3.63) is 77.1 Å². The van der Waals surface area contributed by atoms with Gasteiger partial charge < -0.3 is 0 Å². The van der Waals surface area contributed by atoms with E-state index in [9.17, 15) is 22.0 Å². The molecule has 1 aliphatic heterocycles. The van der Waals surface area contributed by atoms with Gasteiger partial charge in [-0.15, -0.1) is 0 Å². The van der Waals surface area contributed by atoms with Crippen LogP contribution in [0, 0.1) is 29.1 Å². The average Bonchev–Trinajstić information content (AvgIpc) is 3.21. The monoisotopic (exact) mass is 366 g/mol. The molecule has 0 spiro atoms. The summed E-state index contributed by atoms with van der Waals surface area (Å²) in [5, 5.41) is 4.03. The Bertz CT molecular complexity index is 955. The Hall–Kier alpha value is -2.77. The molecule has 1 aliphatic rings. The molecule has 2 heterocycles. The van der Waals surface area contributed by atoms with E-state index in [4.69, 9.17) is 0 Å². The zero-order valence-corrected chi connectivity index (χ0v) is 13.4. The Morgan fingerprint density at radius 2 is 1.54 bits per heavy atom. The van der Waals surface area contributed by atoms with Crippen LogP contribution in [-0.2, 0) is 12.8 Å². The number of aromatic nitrogens is 3. The number of hydrogen-bond acceptors (Lipinski definition) is 1. The lowest BCUT2D eigenvalue weighted by Crippen LogP contribution is -2.37. The smallest absolute Gasteiger partial charge is 0.231 e. The van der Waals surface area contributed by atoms with Crippen LogP contribution in [-0.4, -0.2) is 9.78 Å². The number of benzene rings is 2. The van der Waals surface area contributed by atoms with Crippen LogP contribution in [0.15, 0.2) is 36.7 Å². The molecule has 4 rings (SSSR count). The standard InChI is InChI=1S/C18H13F5N3/c19-13-14(20)16(22)18(17(23)15(13)21)26-9-25-11(6-7-12(25)24-26)8-10-4-2-1-3-5-10/h1-5,9,11H,6-8H2/q+1. The first-order chi connectivity index (χ1) is 12.5. The fourth-order valence-corrected chi connectivity index (χ4v) is 3.29. The molecule has 0 aliphatic carbocycles. The normalized spacial score (nSPS) is 16.1. The number of aryl methyl sites for hydroxylation is 1. The molecule has 0 N–H and O–H groups in total. The number of rotatable bonds is 3. The summed E-state index contributed by atoms with van der Waals surface area (Å²) < 4.78 is 70.6. The van der Waals surface area contributed by atoms with Gasteiger partial charge in [-0.25, -0.2) is 17.7 Å². The highest BCUT2D eigenvalue weighted by atomic mass is 19.2. The summed E-state index contributed by atoms with van der Waals surface area (Å²) in [6, 6.07) is 9.66. The maximum absolute atomic E-state index is 14.0. The minimum absolute atomic E-state index is 0.00224. The van der Waals surface area contributed by atoms with Crippen molar-refractivity contribution >= 4 is 0 Å². The molecular weight excluding hydrogens is 353 g/mol. The van der Waals surface area contributed by atoms with Gasteiger partial charge in [0.2, 0.25) is 41.1 Å². The van der Waals surface area contributed by atoms with Crippen molar-refractivity contribution in [3.8, 4) is 5.69 Å². The summed E-state index contributed by atoms with van der Waals surface area (Å²) >= 11 is 0.